The standard InChI is InChI=1S/C20H21N3O4/c1-2-26-19-9-8-18(21-22-19)15-5-3-6-16(13-15)20(25)23(10-11-24)14-17-7-4-12-27-17/h3-9,12-13,24H,2,10-11,14H2,1H3. The van der Waals surface area contributed by atoms with Crippen molar-refractivity contribution in [2.45, 2.75) is 13.5 Å². The fourth-order valence-corrected chi connectivity index (χ4v) is 2.66. The topological polar surface area (TPSA) is 88.7 Å². The smallest absolute Gasteiger partial charge is 0.254 e. The number of amides is 1. The summed E-state index contributed by atoms with van der Waals surface area (Å²) >= 11 is 0. The Labute approximate surface area is 157 Å². The Bertz CT molecular complexity index is 863. The summed E-state index contributed by atoms with van der Waals surface area (Å²) in [7, 11) is 0. The molecule has 1 N–H and O–H groups in total. The van der Waals surface area contributed by atoms with Crippen molar-refractivity contribution in [2.75, 3.05) is 19.8 Å². The third-order valence-electron chi connectivity index (χ3n) is 3.92. The zero-order chi connectivity index (χ0) is 19.1. The summed E-state index contributed by atoms with van der Waals surface area (Å²) in [5.41, 5.74) is 1.93. The van der Waals surface area contributed by atoms with Crippen LogP contribution in [0.5, 0.6) is 5.88 Å². The van der Waals surface area contributed by atoms with Gasteiger partial charge in [-0.05, 0) is 37.3 Å². The number of rotatable bonds is 8. The van der Waals surface area contributed by atoms with Gasteiger partial charge in [0.15, 0.2) is 0 Å². The van der Waals surface area contributed by atoms with Crippen LogP contribution < -0.4 is 4.74 Å². The molecular weight excluding hydrogens is 346 g/mol. The zero-order valence-electron chi connectivity index (χ0n) is 15.0. The molecule has 2 aromatic heterocycles. The fraction of sp³-hybridized carbons (Fsp3) is 0.250. The molecule has 0 radical (unpaired) electrons. The maximum Gasteiger partial charge on any atom is 0.254 e. The number of nitrogens with zero attached hydrogens (tertiary/aromatic N) is 3. The van der Waals surface area contributed by atoms with Gasteiger partial charge < -0.3 is 19.2 Å². The maximum absolute atomic E-state index is 12.9. The zero-order valence-corrected chi connectivity index (χ0v) is 15.0. The molecule has 0 saturated carbocycles. The quantitative estimate of drug-likeness (QED) is 0.659. The monoisotopic (exact) mass is 367 g/mol. The van der Waals surface area contributed by atoms with E-state index in [-0.39, 0.29) is 19.1 Å². The van der Waals surface area contributed by atoms with Crippen molar-refractivity contribution in [1.82, 2.24) is 15.1 Å². The van der Waals surface area contributed by atoms with Crippen molar-refractivity contribution in [2.24, 2.45) is 0 Å². The van der Waals surface area contributed by atoms with Crippen molar-refractivity contribution >= 4 is 5.91 Å². The number of aromatic nitrogens is 2. The molecule has 7 heteroatoms. The highest BCUT2D eigenvalue weighted by atomic mass is 16.5. The molecule has 7 nitrogen and oxygen atoms in total. The Morgan fingerprint density at radius 2 is 2.07 bits per heavy atom. The summed E-state index contributed by atoms with van der Waals surface area (Å²) in [6, 6.07) is 14.3. The lowest BCUT2D eigenvalue weighted by Crippen LogP contribution is -2.33. The van der Waals surface area contributed by atoms with E-state index in [2.05, 4.69) is 10.2 Å². The van der Waals surface area contributed by atoms with Crippen LogP contribution in [0.25, 0.3) is 11.3 Å². The lowest BCUT2D eigenvalue weighted by atomic mass is 10.1. The molecule has 1 amide bonds. The van der Waals surface area contributed by atoms with E-state index in [0.717, 1.165) is 5.56 Å². The lowest BCUT2D eigenvalue weighted by Gasteiger charge is -2.21. The van der Waals surface area contributed by atoms with Crippen molar-refractivity contribution in [3.05, 3.63) is 66.1 Å². The predicted molar refractivity (Wildman–Crippen MR) is 99.2 cm³/mol. The van der Waals surface area contributed by atoms with Crippen LogP contribution in [0.3, 0.4) is 0 Å². The summed E-state index contributed by atoms with van der Waals surface area (Å²) in [4.78, 5) is 14.4. The number of aliphatic hydroxyl groups is 1. The molecule has 0 aliphatic heterocycles. The highest BCUT2D eigenvalue weighted by Gasteiger charge is 2.17. The molecule has 140 valence electrons. The second kappa shape index (κ2) is 8.95. The number of carbonyl (C=O) groups is 1. The van der Waals surface area contributed by atoms with Crippen LogP contribution >= 0.6 is 0 Å². The van der Waals surface area contributed by atoms with Crippen molar-refractivity contribution in [3.63, 3.8) is 0 Å². The third-order valence-corrected chi connectivity index (χ3v) is 3.92. The lowest BCUT2D eigenvalue weighted by molar-refractivity contribution is 0.0695. The van der Waals surface area contributed by atoms with E-state index >= 15 is 0 Å². The summed E-state index contributed by atoms with van der Waals surface area (Å²) in [6.45, 7) is 2.78. The first-order valence-electron chi connectivity index (χ1n) is 8.70. The summed E-state index contributed by atoms with van der Waals surface area (Å²) in [5.74, 6) is 0.924. The van der Waals surface area contributed by atoms with Crippen LogP contribution in [0.15, 0.2) is 59.2 Å². The number of hydrogen-bond donors (Lipinski definition) is 1. The molecule has 3 aromatic rings. The van der Waals surface area contributed by atoms with Crippen molar-refractivity contribution in [3.8, 4) is 17.1 Å². The van der Waals surface area contributed by atoms with Crippen LogP contribution in [0.2, 0.25) is 0 Å². The second-order valence-electron chi connectivity index (χ2n) is 5.80. The molecule has 27 heavy (non-hydrogen) atoms. The van der Waals surface area contributed by atoms with E-state index < -0.39 is 0 Å². The Morgan fingerprint density at radius 3 is 2.74 bits per heavy atom. The molecule has 0 spiro atoms. The van der Waals surface area contributed by atoms with E-state index in [0.29, 0.717) is 36.0 Å². The number of furan rings is 1. The van der Waals surface area contributed by atoms with E-state index in [1.807, 2.05) is 13.0 Å². The summed E-state index contributed by atoms with van der Waals surface area (Å²) < 4.78 is 10.6. The Balaban J connectivity index is 1.81. The average Bonchev–Trinajstić information content (AvgIpc) is 3.21. The minimum atomic E-state index is -0.193. The van der Waals surface area contributed by atoms with Gasteiger partial charge in [-0.25, -0.2) is 0 Å². The van der Waals surface area contributed by atoms with Gasteiger partial charge in [-0.3, -0.25) is 4.79 Å². The third kappa shape index (κ3) is 4.71. The summed E-state index contributed by atoms with van der Waals surface area (Å²) in [5, 5.41) is 17.5. The largest absolute Gasteiger partial charge is 0.477 e. The van der Waals surface area contributed by atoms with E-state index in [9.17, 15) is 9.90 Å². The molecule has 3 rings (SSSR count). The highest BCUT2D eigenvalue weighted by molar-refractivity contribution is 5.95. The van der Waals surface area contributed by atoms with E-state index in [1.54, 1.807) is 53.6 Å². The molecule has 0 bridgehead atoms. The van der Waals surface area contributed by atoms with Crippen LogP contribution in [0.1, 0.15) is 23.0 Å². The first kappa shape index (κ1) is 18.6. The van der Waals surface area contributed by atoms with Gasteiger partial charge in [-0.1, -0.05) is 12.1 Å². The summed E-state index contributed by atoms with van der Waals surface area (Å²) in [6.07, 6.45) is 1.56. The van der Waals surface area contributed by atoms with Crippen LogP contribution in [-0.4, -0.2) is 45.9 Å². The Hall–Kier alpha value is -3.19. The minimum absolute atomic E-state index is 0.128. The highest BCUT2D eigenvalue weighted by Crippen LogP contribution is 2.20. The van der Waals surface area contributed by atoms with Gasteiger partial charge >= 0.3 is 0 Å². The van der Waals surface area contributed by atoms with E-state index in [1.165, 1.54) is 0 Å². The van der Waals surface area contributed by atoms with Crippen LogP contribution in [0, 0.1) is 0 Å². The first-order chi connectivity index (χ1) is 13.2. The molecule has 0 saturated heterocycles. The number of ether oxygens (including phenoxy) is 1. The molecule has 0 unspecified atom stereocenters. The van der Waals surface area contributed by atoms with Gasteiger partial charge in [0.2, 0.25) is 5.88 Å². The van der Waals surface area contributed by atoms with Crippen molar-refractivity contribution < 1.29 is 19.1 Å². The van der Waals surface area contributed by atoms with Gasteiger partial charge in [-0.2, -0.15) is 0 Å². The molecule has 0 atom stereocenters. The Kier molecular flexibility index (Phi) is 6.17. The molecule has 0 fully saturated rings. The predicted octanol–water partition coefficient (Wildman–Crippen LogP) is 2.77. The van der Waals surface area contributed by atoms with Crippen molar-refractivity contribution in [1.29, 1.82) is 0 Å². The maximum atomic E-state index is 12.9. The number of benzene rings is 1. The van der Waals surface area contributed by atoms with Gasteiger partial charge in [0.1, 0.15) is 5.76 Å². The normalized spacial score (nSPS) is 10.6. The average molecular weight is 367 g/mol. The number of hydrogen-bond acceptors (Lipinski definition) is 6. The van der Waals surface area contributed by atoms with Gasteiger partial charge in [-0.15, -0.1) is 10.2 Å². The Morgan fingerprint density at radius 1 is 1.19 bits per heavy atom. The number of aliphatic hydroxyl groups excluding tert-OH is 1. The molecule has 1 aromatic carbocycles. The molecule has 2 heterocycles. The minimum Gasteiger partial charge on any atom is -0.477 e. The SMILES string of the molecule is CCOc1ccc(-c2cccc(C(=O)N(CCO)Cc3ccco3)c2)nn1. The van der Waals surface area contributed by atoms with Crippen LogP contribution in [0.4, 0.5) is 0 Å². The van der Waals surface area contributed by atoms with Gasteiger partial charge in [0.05, 0.1) is 31.7 Å². The van der Waals surface area contributed by atoms with Crippen LogP contribution in [-0.2, 0) is 6.54 Å². The molecular formula is C20H21N3O4. The number of carbonyl (C=O) groups excluding carboxylic acids is 1. The second-order valence-corrected chi connectivity index (χ2v) is 5.80. The molecule has 0 aliphatic carbocycles. The fourth-order valence-electron chi connectivity index (χ4n) is 2.66. The first-order valence-corrected chi connectivity index (χ1v) is 8.70. The van der Waals surface area contributed by atoms with E-state index in [4.69, 9.17) is 9.15 Å². The van der Waals surface area contributed by atoms with Gasteiger partial charge in [0, 0.05) is 23.7 Å². The van der Waals surface area contributed by atoms with Gasteiger partial charge in [0.25, 0.3) is 5.91 Å². The molecule has 0 aliphatic rings.